The fraction of sp³-hybridized carbons (Fsp3) is 0.333. The van der Waals surface area contributed by atoms with Crippen LogP contribution < -0.4 is 9.64 Å². The van der Waals surface area contributed by atoms with Gasteiger partial charge in [0.25, 0.3) is 0 Å². The minimum absolute atomic E-state index is 0.211. The molecule has 32 heavy (non-hydrogen) atoms. The zero-order valence-electron chi connectivity index (χ0n) is 17.4. The number of hydrogen-bond donors (Lipinski definition) is 0. The number of anilines is 1. The van der Waals surface area contributed by atoms with Crippen LogP contribution >= 0.6 is 22.9 Å². The van der Waals surface area contributed by atoms with Crippen LogP contribution in [0.3, 0.4) is 0 Å². The van der Waals surface area contributed by atoms with Crippen molar-refractivity contribution in [1.29, 1.82) is 0 Å². The summed E-state index contributed by atoms with van der Waals surface area (Å²) in [7, 11) is 0. The summed E-state index contributed by atoms with van der Waals surface area (Å²) in [4.78, 5) is 5.65. The smallest absolute Gasteiger partial charge is 0.416 e. The Bertz CT molecular complexity index is 1000. The number of ether oxygens (including phenoxy) is 1. The molecule has 0 saturated carbocycles. The van der Waals surface area contributed by atoms with E-state index in [1.165, 1.54) is 23.1 Å². The summed E-state index contributed by atoms with van der Waals surface area (Å²) in [6, 6.07) is 19.1. The van der Waals surface area contributed by atoms with E-state index in [9.17, 15) is 13.2 Å². The van der Waals surface area contributed by atoms with Gasteiger partial charge in [-0.3, -0.25) is 4.90 Å². The van der Waals surface area contributed by atoms with Crippen molar-refractivity contribution in [3.63, 3.8) is 0 Å². The Morgan fingerprint density at radius 2 is 1.69 bits per heavy atom. The number of piperazine rings is 1. The average Bonchev–Trinajstić information content (AvgIpc) is 3.23. The first-order valence-corrected chi connectivity index (χ1v) is 11.7. The molecule has 1 fully saturated rings. The number of alkyl halides is 3. The van der Waals surface area contributed by atoms with E-state index in [1.54, 1.807) is 12.1 Å². The zero-order valence-corrected chi connectivity index (χ0v) is 19.0. The molecule has 0 radical (unpaired) electrons. The van der Waals surface area contributed by atoms with Crippen molar-refractivity contribution in [2.75, 3.05) is 37.6 Å². The van der Waals surface area contributed by atoms with Crippen LogP contribution in [0.2, 0.25) is 4.34 Å². The topological polar surface area (TPSA) is 15.7 Å². The van der Waals surface area contributed by atoms with Gasteiger partial charge in [-0.25, -0.2) is 0 Å². The minimum atomic E-state index is -4.40. The van der Waals surface area contributed by atoms with Gasteiger partial charge >= 0.3 is 6.18 Å². The van der Waals surface area contributed by atoms with Gasteiger partial charge in [0.2, 0.25) is 0 Å². The van der Waals surface area contributed by atoms with Gasteiger partial charge in [-0.2, -0.15) is 13.2 Å². The van der Waals surface area contributed by atoms with Crippen LogP contribution in [0.5, 0.6) is 5.75 Å². The van der Waals surface area contributed by atoms with E-state index >= 15 is 0 Å². The summed E-state index contributed by atoms with van der Waals surface area (Å²) in [5, 5.41) is 0. The summed E-state index contributed by atoms with van der Waals surface area (Å²) in [5.74, 6) is 0.211. The van der Waals surface area contributed by atoms with Crippen LogP contribution in [0.25, 0.3) is 0 Å². The SMILES string of the molecule is FC(F)(F)c1cccc(OC(CCN2CCN(c3ccccc3)CC2)c2ccc(Cl)s2)c1. The van der Waals surface area contributed by atoms with Crippen LogP contribution in [0.4, 0.5) is 18.9 Å². The third-order valence-electron chi connectivity index (χ3n) is 5.55. The molecule has 4 rings (SSSR count). The molecule has 0 bridgehead atoms. The van der Waals surface area contributed by atoms with Crippen molar-refractivity contribution in [2.45, 2.75) is 18.7 Å². The Balaban J connectivity index is 1.39. The Hall–Kier alpha value is -2.22. The fourth-order valence-corrected chi connectivity index (χ4v) is 4.96. The molecule has 0 amide bonds. The van der Waals surface area contributed by atoms with E-state index in [0.29, 0.717) is 10.8 Å². The van der Waals surface area contributed by atoms with Crippen LogP contribution in [0, 0.1) is 0 Å². The van der Waals surface area contributed by atoms with E-state index in [-0.39, 0.29) is 11.9 Å². The van der Waals surface area contributed by atoms with Crippen molar-refractivity contribution in [3.8, 4) is 5.75 Å². The largest absolute Gasteiger partial charge is 0.485 e. The second-order valence-electron chi connectivity index (χ2n) is 7.73. The molecular weight excluding hydrogens is 457 g/mol. The summed E-state index contributed by atoms with van der Waals surface area (Å²) < 4.78 is 46.0. The maximum Gasteiger partial charge on any atom is 0.416 e. The first-order valence-electron chi connectivity index (χ1n) is 10.5. The molecule has 1 saturated heterocycles. The summed E-state index contributed by atoms with van der Waals surface area (Å²) in [6.45, 7) is 4.52. The normalized spacial score (nSPS) is 16.2. The van der Waals surface area contributed by atoms with Gasteiger partial charge in [0.15, 0.2) is 0 Å². The number of hydrogen-bond acceptors (Lipinski definition) is 4. The van der Waals surface area contributed by atoms with Gasteiger partial charge in [-0.15, -0.1) is 11.3 Å². The van der Waals surface area contributed by atoms with E-state index in [0.717, 1.165) is 49.7 Å². The molecule has 1 unspecified atom stereocenters. The van der Waals surface area contributed by atoms with Gasteiger partial charge < -0.3 is 9.64 Å². The molecule has 170 valence electrons. The highest BCUT2D eigenvalue weighted by Crippen LogP contribution is 2.35. The molecule has 2 aromatic carbocycles. The predicted octanol–water partition coefficient (Wildman–Crippen LogP) is 6.75. The first-order chi connectivity index (χ1) is 15.4. The molecule has 0 N–H and O–H groups in total. The van der Waals surface area contributed by atoms with Crippen LogP contribution in [0.15, 0.2) is 66.7 Å². The molecule has 1 aliphatic heterocycles. The number of rotatable bonds is 7. The Morgan fingerprint density at radius 3 is 2.34 bits per heavy atom. The molecule has 3 aromatic rings. The lowest BCUT2D eigenvalue weighted by atomic mass is 10.1. The molecule has 1 aliphatic rings. The lowest BCUT2D eigenvalue weighted by Crippen LogP contribution is -2.46. The van der Waals surface area contributed by atoms with E-state index in [4.69, 9.17) is 16.3 Å². The second-order valence-corrected chi connectivity index (χ2v) is 9.47. The lowest BCUT2D eigenvalue weighted by Gasteiger charge is -2.36. The van der Waals surface area contributed by atoms with Crippen molar-refractivity contribution < 1.29 is 17.9 Å². The van der Waals surface area contributed by atoms with Crippen molar-refractivity contribution in [2.24, 2.45) is 0 Å². The third kappa shape index (κ3) is 5.97. The molecule has 0 spiro atoms. The maximum atomic E-state index is 13.1. The third-order valence-corrected chi connectivity index (χ3v) is 6.88. The highest BCUT2D eigenvalue weighted by molar-refractivity contribution is 7.16. The Kier molecular flexibility index (Phi) is 7.28. The number of nitrogens with zero attached hydrogens (tertiary/aromatic N) is 2. The lowest BCUT2D eigenvalue weighted by molar-refractivity contribution is -0.137. The van der Waals surface area contributed by atoms with E-state index in [1.807, 2.05) is 24.3 Å². The van der Waals surface area contributed by atoms with Gasteiger partial charge in [0, 0.05) is 49.7 Å². The predicted molar refractivity (Wildman–Crippen MR) is 124 cm³/mol. The van der Waals surface area contributed by atoms with Gasteiger partial charge in [-0.05, 0) is 42.5 Å². The molecule has 3 nitrogen and oxygen atoms in total. The van der Waals surface area contributed by atoms with Crippen molar-refractivity contribution >= 4 is 28.6 Å². The quantitative estimate of drug-likeness (QED) is 0.372. The summed E-state index contributed by atoms with van der Waals surface area (Å²) in [6.07, 6.45) is -4.10. The van der Waals surface area contributed by atoms with Crippen LogP contribution in [-0.4, -0.2) is 37.6 Å². The monoisotopic (exact) mass is 480 g/mol. The first kappa shape index (κ1) is 23.0. The average molecular weight is 481 g/mol. The molecule has 8 heteroatoms. The van der Waals surface area contributed by atoms with E-state index in [2.05, 4.69) is 21.9 Å². The summed E-state index contributed by atoms with van der Waals surface area (Å²) in [5.41, 5.74) is 0.515. The van der Waals surface area contributed by atoms with Gasteiger partial charge in [0.1, 0.15) is 11.9 Å². The Morgan fingerprint density at radius 1 is 0.938 bits per heavy atom. The van der Waals surface area contributed by atoms with Crippen LogP contribution in [0.1, 0.15) is 23.0 Å². The minimum Gasteiger partial charge on any atom is -0.485 e. The molecule has 1 aromatic heterocycles. The van der Waals surface area contributed by atoms with Gasteiger partial charge in [-0.1, -0.05) is 35.9 Å². The number of benzene rings is 2. The number of thiophene rings is 1. The fourth-order valence-electron chi connectivity index (χ4n) is 3.84. The number of halogens is 4. The highest BCUT2D eigenvalue weighted by atomic mass is 35.5. The second kappa shape index (κ2) is 10.1. The maximum absolute atomic E-state index is 13.1. The molecule has 0 aliphatic carbocycles. The highest BCUT2D eigenvalue weighted by Gasteiger charge is 2.31. The van der Waals surface area contributed by atoms with Crippen molar-refractivity contribution in [3.05, 3.63) is 81.5 Å². The molecular formula is C24H24ClF3N2OS. The van der Waals surface area contributed by atoms with E-state index < -0.39 is 11.7 Å². The number of para-hydroxylation sites is 1. The standard InChI is InChI=1S/C24H24ClF3N2OS/c25-23-10-9-22(32-23)21(31-20-8-4-5-18(17-20)24(26,27)28)11-12-29-13-15-30(16-14-29)19-6-2-1-3-7-19/h1-10,17,21H,11-16H2. The summed E-state index contributed by atoms with van der Waals surface area (Å²) >= 11 is 7.51. The Labute approximate surface area is 195 Å². The molecule has 1 atom stereocenters. The van der Waals surface area contributed by atoms with Crippen molar-refractivity contribution in [1.82, 2.24) is 4.90 Å². The van der Waals surface area contributed by atoms with Crippen LogP contribution in [-0.2, 0) is 6.18 Å². The molecule has 2 heterocycles. The zero-order chi connectivity index (χ0) is 22.6. The van der Waals surface area contributed by atoms with Gasteiger partial charge in [0.05, 0.1) is 9.90 Å².